The van der Waals surface area contributed by atoms with Gasteiger partial charge in [0.1, 0.15) is 0 Å². The number of hydrogen-bond donors (Lipinski definition) is 0. The molecule has 90 valence electrons. The number of rotatable bonds is 3. The summed E-state index contributed by atoms with van der Waals surface area (Å²) in [6.45, 7) is 0. The van der Waals surface area contributed by atoms with Gasteiger partial charge in [-0.2, -0.15) is 4.98 Å². The van der Waals surface area contributed by atoms with E-state index in [4.69, 9.17) is 32.7 Å². The first-order chi connectivity index (χ1) is 8.15. The van der Waals surface area contributed by atoms with Crippen molar-refractivity contribution in [2.45, 2.75) is 0 Å². The van der Waals surface area contributed by atoms with Crippen molar-refractivity contribution in [2.75, 3.05) is 14.2 Å². The quantitative estimate of drug-likeness (QED) is 0.861. The Kier molecular flexibility index (Phi) is 3.40. The Morgan fingerprint density at radius 3 is 2.47 bits per heavy atom. The molecule has 0 aliphatic carbocycles. The van der Waals surface area contributed by atoms with Gasteiger partial charge in [0.25, 0.3) is 0 Å². The van der Waals surface area contributed by atoms with E-state index in [1.807, 2.05) is 0 Å². The lowest BCUT2D eigenvalue weighted by molar-refractivity contribution is 0.355. The molecule has 0 atom stereocenters. The summed E-state index contributed by atoms with van der Waals surface area (Å²) < 4.78 is 15.0. The van der Waals surface area contributed by atoms with E-state index in [9.17, 15) is 0 Å². The average Bonchev–Trinajstić information content (AvgIpc) is 2.74. The molecule has 7 heteroatoms. The van der Waals surface area contributed by atoms with Gasteiger partial charge in [0.2, 0.25) is 5.82 Å². The molecule has 0 bridgehead atoms. The first-order valence-corrected chi connectivity index (χ1v) is 5.32. The highest BCUT2D eigenvalue weighted by atomic mass is 35.5. The molecule has 1 aromatic carbocycles. The molecule has 0 radical (unpaired) electrons. The van der Waals surface area contributed by atoms with Crippen LogP contribution in [0.1, 0.15) is 0 Å². The summed E-state index contributed by atoms with van der Waals surface area (Å²) in [5.41, 5.74) is 0.628. The molecular formula is C10H8Cl2N2O3. The van der Waals surface area contributed by atoms with Gasteiger partial charge < -0.3 is 14.0 Å². The maximum absolute atomic E-state index is 6.05. The van der Waals surface area contributed by atoms with Gasteiger partial charge in [0.15, 0.2) is 11.5 Å². The van der Waals surface area contributed by atoms with Crippen LogP contribution in [0.15, 0.2) is 16.7 Å². The molecule has 0 aliphatic rings. The fourth-order valence-electron chi connectivity index (χ4n) is 1.37. The maximum Gasteiger partial charge on any atom is 0.320 e. The van der Waals surface area contributed by atoms with Crippen molar-refractivity contribution in [2.24, 2.45) is 0 Å². The van der Waals surface area contributed by atoms with Gasteiger partial charge in [-0.25, -0.2) is 0 Å². The Bertz CT molecular complexity index is 542. The summed E-state index contributed by atoms with van der Waals surface area (Å²) in [6, 6.07) is 3.33. The van der Waals surface area contributed by atoms with Crippen molar-refractivity contribution in [3.05, 3.63) is 22.5 Å². The van der Waals surface area contributed by atoms with E-state index in [0.29, 0.717) is 27.9 Å². The van der Waals surface area contributed by atoms with Gasteiger partial charge >= 0.3 is 5.35 Å². The minimum atomic E-state index is -0.0362. The zero-order chi connectivity index (χ0) is 12.4. The van der Waals surface area contributed by atoms with Gasteiger partial charge in [-0.3, -0.25) is 0 Å². The van der Waals surface area contributed by atoms with Gasteiger partial charge in [-0.05, 0) is 23.7 Å². The van der Waals surface area contributed by atoms with Crippen LogP contribution in [-0.2, 0) is 0 Å². The summed E-state index contributed by atoms with van der Waals surface area (Å²) in [5, 5.41) is 4.04. The molecule has 17 heavy (non-hydrogen) atoms. The standard InChI is InChI=1S/C10H8Cl2N2O3/c1-15-7-4-5(3-6(11)8(7)16-2)9-13-10(12)17-14-9/h3-4H,1-2H3. The largest absolute Gasteiger partial charge is 0.493 e. The van der Waals surface area contributed by atoms with E-state index >= 15 is 0 Å². The smallest absolute Gasteiger partial charge is 0.320 e. The average molecular weight is 275 g/mol. The molecule has 0 unspecified atom stereocenters. The summed E-state index contributed by atoms with van der Waals surface area (Å²) >= 11 is 11.6. The number of nitrogens with zero attached hydrogens (tertiary/aromatic N) is 2. The van der Waals surface area contributed by atoms with Crippen LogP contribution in [0.5, 0.6) is 11.5 Å². The third-order valence-corrected chi connectivity index (χ3v) is 2.53. The maximum atomic E-state index is 6.05. The fraction of sp³-hybridized carbons (Fsp3) is 0.200. The predicted molar refractivity (Wildman–Crippen MR) is 62.9 cm³/mol. The van der Waals surface area contributed by atoms with Crippen molar-refractivity contribution >= 4 is 23.2 Å². The minimum Gasteiger partial charge on any atom is -0.493 e. The monoisotopic (exact) mass is 274 g/mol. The molecule has 0 amide bonds. The summed E-state index contributed by atoms with van der Waals surface area (Å²) in [4.78, 5) is 3.89. The molecule has 0 aliphatic heterocycles. The van der Waals surface area contributed by atoms with E-state index < -0.39 is 0 Å². The molecule has 0 spiro atoms. The van der Waals surface area contributed by atoms with Crippen LogP contribution in [0.25, 0.3) is 11.4 Å². The second kappa shape index (κ2) is 4.81. The van der Waals surface area contributed by atoms with Crippen LogP contribution in [0, 0.1) is 0 Å². The van der Waals surface area contributed by atoms with Crippen molar-refractivity contribution in [3.8, 4) is 22.9 Å². The second-order valence-electron chi connectivity index (χ2n) is 3.06. The molecular weight excluding hydrogens is 267 g/mol. The van der Waals surface area contributed by atoms with Crippen molar-refractivity contribution in [1.82, 2.24) is 10.1 Å². The van der Waals surface area contributed by atoms with Gasteiger partial charge in [-0.15, -0.1) is 0 Å². The molecule has 1 aromatic heterocycles. The highest BCUT2D eigenvalue weighted by molar-refractivity contribution is 6.32. The van der Waals surface area contributed by atoms with Crippen LogP contribution in [-0.4, -0.2) is 24.4 Å². The fourth-order valence-corrected chi connectivity index (χ4v) is 1.77. The molecule has 2 rings (SSSR count). The first kappa shape index (κ1) is 12.0. The topological polar surface area (TPSA) is 57.4 Å². The number of aromatic nitrogens is 2. The number of hydrogen-bond acceptors (Lipinski definition) is 5. The normalized spacial score (nSPS) is 10.4. The highest BCUT2D eigenvalue weighted by Crippen LogP contribution is 2.38. The van der Waals surface area contributed by atoms with E-state index in [1.165, 1.54) is 14.2 Å². The van der Waals surface area contributed by atoms with E-state index in [0.717, 1.165) is 0 Å². The molecule has 1 heterocycles. The summed E-state index contributed by atoms with van der Waals surface area (Å²) in [7, 11) is 3.02. The zero-order valence-electron chi connectivity index (χ0n) is 9.03. The highest BCUT2D eigenvalue weighted by Gasteiger charge is 2.15. The van der Waals surface area contributed by atoms with E-state index in [1.54, 1.807) is 12.1 Å². The molecule has 0 N–H and O–H groups in total. The van der Waals surface area contributed by atoms with E-state index in [2.05, 4.69) is 14.7 Å². The molecule has 0 fully saturated rings. The number of methoxy groups -OCH3 is 2. The molecule has 5 nitrogen and oxygen atoms in total. The SMILES string of the molecule is COc1cc(-c2noc(Cl)n2)cc(Cl)c1OC. The van der Waals surface area contributed by atoms with Crippen molar-refractivity contribution in [3.63, 3.8) is 0 Å². The van der Waals surface area contributed by atoms with Crippen LogP contribution in [0.3, 0.4) is 0 Å². The predicted octanol–water partition coefficient (Wildman–Crippen LogP) is 3.06. The number of ether oxygens (including phenoxy) is 2. The molecule has 2 aromatic rings. The molecule has 0 saturated carbocycles. The molecule has 0 saturated heterocycles. The Hall–Kier alpha value is -1.46. The lowest BCUT2D eigenvalue weighted by atomic mass is 10.2. The lowest BCUT2D eigenvalue weighted by Gasteiger charge is -2.10. The number of halogens is 2. The summed E-state index contributed by atoms with van der Waals surface area (Å²) in [6.07, 6.45) is 0. The van der Waals surface area contributed by atoms with Gasteiger partial charge in [-0.1, -0.05) is 16.8 Å². The van der Waals surface area contributed by atoms with Crippen LogP contribution < -0.4 is 9.47 Å². The van der Waals surface area contributed by atoms with Gasteiger partial charge in [0, 0.05) is 5.56 Å². The zero-order valence-corrected chi connectivity index (χ0v) is 10.5. The number of benzene rings is 1. The van der Waals surface area contributed by atoms with Crippen LogP contribution >= 0.6 is 23.2 Å². The Morgan fingerprint density at radius 1 is 1.18 bits per heavy atom. The minimum absolute atomic E-state index is 0.0362. The van der Waals surface area contributed by atoms with Crippen molar-refractivity contribution in [1.29, 1.82) is 0 Å². The lowest BCUT2D eigenvalue weighted by Crippen LogP contribution is -1.92. The second-order valence-corrected chi connectivity index (χ2v) is 3.80. The summed E-state index contributed by atoms with van der Waals surface area (Å²) in [5.74, 6) is 1.27. The van der Waals surface area contributed by atoms with E-state index in [-0.39, 0.29) is 5.35 Å². The van der Waals surface area contributed by atoms with Crippen LogP contribution in [0.4, 0.5) is 0 Å². The Balaban J connectivity index is 2.53. The Morgan fingerprint density at radius 2 is 1.94 bits per heavy atom. The third kappa shape index (κ3) is 2.30. The van der Waals surface area contributed by atoms with Crippen molar-refractivity contribution < 1.29 is 14.0 Å². The third-order valence-electron chi connectivity index (χ3n) is 2.09. The van der Waals surface area contributed by atoms with Gasteiger partial charge in [0.05, 0.1) is 19.2 Å². The first-order valence-electron chi connectivity index (χ1n) is 4.56. The Labute approximate surface area is 107 Å². The van der Waals surface area contributed by atoms with Crippen LogP contribution in [0.2, 0.25) is 10.4 Å².